The minimum atomic E-state index is -1.59. The van der Waals surface area contributed by atoms with Gasteiger partial charge < -0.3 is 55.5 Å². The molecule has 3 heterocycles. The number of ether oxygens (including phenoxy) is 2. The lowest BCUT2D eigenvalue weighted by atomic mass is 9.30. The largest absolute Gasteiger partial charge is 0.481 e. The number of amides is 1. The van der Waals surface area contributed by atoms with Crippen LogP contribution in [0.4, 0.5) is 0 Å². The van der Waals surface area contributed by atoms with Gasteiger partial charge in [0.15, 0.2) is 6.29 Å². The smallest absolute Gasteiger partial charge is 0.310 e. The van der Waals surface area contributed by atoms with Crippen LogP contribution in [0.3, 0.4) is 0 Å². The Kier molecular flexibility index (Phi) is 10.8. The molecule has 8 aliphatic rings. The lowest BCUT2D eigenvalue weighted by Gasteiger charge is -2.74. The highest BCUT2D eigenvalue weighted by Gasteiger charge is 2.76. The zero-order valence-corrected chi connectivity index (χ0v) is 36.6. The van der Waals surface area contributed by atoms with Crippen molar-refractivity contribution in [1.29, 1.82) is 0 Å². The van der Waals surface area contributed by atoms with E-state index in [9.17, 15) is 45.3 Å². The molecule has 5 saturated carbocycles. The van der Waals surface area contributed by atoms with Crippen molar-refractivity contribution >= 4 is 11.9 Å². The molecule has 0 aromatic carbocycles. The van der Waals surface area contributed by atoms with Gasteiger partial charge >= 0.3 is 5.97 Å². The lowest BCUT2D eigenvalue weighted by Crippen LogP contribution is -2.73. The second kappa shape index (κ2) is 15.1. The van der Waals surface area contributed by atoms with E-state index in [4.69, 9.17) is 9.47 Å². The van der Waals surface area contributed by atoms with Crippen molar-refractivity contribution < 1.29 is 54.8 Å². The lowest BCUT2D eigenvalue weighted by molar-refractivity contribution is -0.341. The fourth-order valence-corrected chi connectivity index (χ4v) is 16.8. The summed E-state index contributed by atoms with van der Waals surface area (Å²) in [6, 6.07) is -0.216. The fraction of sp³-hybridized carbons (Fsp3) is 0.851. The SMILES string of the molecule is C[C@]1(CO)C[C@@H]2CCC[C@H]3C[C@]2(C(=O)O)[C@@H](C1)C1=CC[C@@H]2[C@]4(C)[C@H](CC[C@@]2(C)[C@@]13C)[C@](C)(CO)[C@H](O[C@@H]1OC[C@@H](O)[C@H](O)[C@H]1O)[C@H](O)[C@@H]4C[C@H]1CC(=O)N[C@H]1Cc1cnc[nH]1. The van der Waals surface area contributed by atoms with Gasteiger partial charge in [-0.2, -0.15) is 0 Å². The molecule has 14 heteroatoms. The van der Waals surface area contributed by atoms with E-state index in [0.29, 0.717) is 44.9 Å². The summed E-state index contributed by atoms with van der Waals surface area (Å²) in [6.45, 7) is 10.7. The van der Waals surface area contributed by atoms with Crippen LogP contribution in [0.1, 0.15) is 111 Å². The first kappa shape index (κ1) is 43.8. The predicted molar refractivity (Wildman–Crippen MR) is 221 cm³/mol. The molecular weight excluding hydrogens is 783 g/mol. The number of imidazole rings is 1. The molecule has 0 unspecified atom stereocenters. The normalized spacial score (nSPS) is 52.8. The maximum atomic E-state index is 13.8. The molecule has 20 atom stereocenters. The average molecular weight is 854 g/mol. The average Bonchev–Trinajstić information content (AvgIpc) is 3.81. The predicted octanol–water partition coefficient (Wildman–Crippen LogP) is 3.34. The highest BCUT2D eigenvalue weighted by atomic mass is 16.7. The minimum Gasteiger partial charge on any atom is -0.481 e. The van der Waals surface area contributed by atoms with E-state index in [1.165, 1.54) is 5.57 Å². The summed E-state index contributed by atoms with van der Waals surface area (Å²) in [7, 11) is 0. The Balaban J connectivity index is 1.17. The molecule has 7 fully saturated rings. The Hall–Kier alpha value is -2.43. The Labute approximate surface area is 359 Å². The quantitative estimate of drug-likeness (QED) is 0.129. The molecule has 9 rings (SSSR count). The molecule has 2 aliphatic heterocycles. The molecule has 14 nitrogen and oxygen atoms in total. The number of aliphatic carboxylic acids is 1. The first-order valence-electron chi connectivity index (χ1n) is 23.2. The van der Waals surface area contributed by atoms with Crippen LogP contribution in [0.2, 0.25) is 0 Å². The standard InChI is InChI=1S/C47H71N3O11/c1-42(21-51)16-26-8-6-7-25-17-47(26,41(58)59)30(18-42)28-9-10-34-44(3,46(25,28)5)12-11-33-43(2,22-52)39(61-40-38(57)37(56)32(53)20-60-40)36(55)29(45(33,34)4)13-24-14-35(54)50-31(24)15-27-19-48-23-49-27/h9,19,23-26,29-34,36-40,51-53,55-57H,6-8,10-18,20-22H2,1-5H3,(H,48,49)(H,50,54)(H,58,59)/t24-,25-,26-,29-,30-,31-,32+,33+,34-,36+,37-,38+,39+,40-,42-,43-,44+,45-,46+,47+/m0/s1. The Morgan fingerprint density at radius 3 is 2.39 bits per heavy atom. The van der Waals surface area contributed by atoms with E-state index in [2.05, 4.69) is 49.1 Å². The monoisotopic (exact) mass is 854 g/mol. The van der Waals surface area contributed by atoms with Crippen LogP contribution in [-0.4, -0.2) is 120 Å². The number of nitrogens with one attached hydrogen (secondary N) is 2. The number of nitrogens with zero attached hydrogens (tertiary/aromatic N) is 1. The molecule has 1 aromatic heterocycles. The van der Waals surface area contributed by atoms with Crippen LogP contribution in [-0.2, 0) is 25.5 Å². The zero-order chi connectivity index (χ0) is 43.7. The molecule has 0 radical (unpaired) electrons. The first-order valence-corrected chi connectivity index (χ1v) is 23.2. The second-order valence-corrected chi connectivity index (χ2v) is 22.6. The van der Waals surface area contributed by atoms with Crippen molar-refractivity contribution in [3.8, 4) is 0 Å². The van der Waals surface area contributed by atoms with Crippen molar-refractivity contribution in [1.82, 2.24) is 15.3 Å². The van der Waals surface area contributed by atoms with Gasteiger partial charge in [-0.05, 0) is 121 Å². The van der Waals surface area contributed by atoms with Gasteiger partial charge in [0.25, 0.3) is 0 Å². The fourth-order valence-electron chi connectivity index (χ4n) is 16.8. The van der Waals surface area contributed by atoms with Crippen LogP contribution in [0.5, 0.6) is 0 Å². The first-order chi connectivity index (χ1) is 28.8. The number of aliphatic hydroxyl groups excluding tert-OH is 6. The van der Waals surface area contributed by atoms with E-state index in [1.807, 2.05) is 6.92 Å². The summed E-state index contributed by atoms with van der Waals surface area (Å²) in [5, 5.41) is 82.2. The number of aliphatic hydroxyl groups is 6. The third-order valence-corrected chi connectivity index (χ3v) is 20.0. The van der Waals surface area contributed by atoms with Gasteiger partial charge in [0, 0.05) is 42.8 Å². The van der Waals surface area contributed by atoms with E-state index in [1.54, 1.807) is 12.5 Å². The number of fused-ring (bicyclic) bond motifs is 8. The van der Waals surface area contributed by atoms with Crippen molar-refractivity contribution in [3.05, 3.63) is 29.9 Å². The Morgan fingerprint density at radius 2 is 1.70 bits per heavy atom. The van der Waals surface area contributed by atoms with Gasteiger partial charge in [0.05, 0.1) is 37.2 Å². The number of carbonyl (C=O) groups excluding carboxylic acids is 1. The maximum absolute atomic E-state index is 13.8. The molecule has 9 N–H and O–H groups in total. The van der Waals surface area contributed by atoms with Crippen LogP contribution in [0.25, 0.3) is 0 Å². The summed E-state index contributed by atoms with van der Waals surface area (Å²) >= 11 is 0. The Bertz CT molecular complexity index is 1880. The zero-order valence-electron chi connectivity index (χ0n) is 36.6. The van der Waals surface area contributed by atoms with Gasteiger partial charge in [-0.1, -0.05) is 52.7 Å². The third-order valence-electron chi connectivity index (χ3n) is 20.0. The molecule has 2 saturated heterocycles. The summed E-state index contributed by atoms with van der Waals surface area (Å²) in [5.41, 5.74) is -1.48. The van der Waals surface area contributed by atoms with E-state index in [-0.39, 0.29) is 89.9 Å². The summed E-state index contributed by atoms with van der Waals surface area (Å²) in [6.07, 6.45) is 5.92. The number of carboxylic acid groups (broad SMARTS) is 1. The summed E-state index contributed by atoms with van der Waals surface area (Å²) < 4.78 is 12.4. The number of aromatic amines is 1. The molecule has 6 aliphatic carbocycles. The van der Waals surface area contributed by atoms with Crippen molar-refractivity contribution in [2.24, 2.45) is 73.9 Å². The highest BCUT2D eigenvalue weighted by molar-refractivity contribution is 5.79. The molecule has 1 aromatic rings. The number of carbonyl (C=O) groups is 2. The number of hydrogen-bond acceptors (Lipinski definition) is 11. The summed E-state index contributed by atoms with van der Waals surface area (Å²) in [5.74, 6) is -1.64. The van der Waals surface area contributed by atoms with Crippen molar-refractivity contribution in [2.75, 3.05) is 19.8 Å². The van der Waals surface area contributed by atoms with Gasteiger partial charge in [-0.15, -0.1) is 0 Å². The van der Waals surface area contributed by atoms with Gasteiger partial charge in [-0.3, -0.25) is 9.59 Å². The maximum Gasteiger partial charge on any atom is 0.310 e. The molecule has 1 amide bonds. The van der Waals surface area contributed by atoms with Gasteiger partial charge in [0.2, 0.25) is 5.91 Å². The number of hydrogen-bond donors (Lipinski definition) is 9. The van der Waals surface area contributed by atoms with E-state index in [0.717, 1.165) is 31.4 Å². The molecule has 0 spiro atoms. The number of H-pyrrole nitrogens is 1. The van der Waals surface area contributed by atoms with Gasteiger partial charge in [0.1, 0.15) is 18.3 Å². The van der Waals surface area contributed by atoms with Crippen molar-refractivity contribution in [3.63, 3.8) is 0 Å². The number of aromatic nitrogens is 2. The third kappa shape index (κ3) is 6.11. The molecule has 61 heavy (non-hydrogen) atoms. The highest BCUT2D eigenvalue weighted by Crippen LogP contribution is 2.79. The topological polar surface area (TPSA) is 235 Å². The number of carboxylic acids is 1. The molecular formula is C47H71N3O11. The molecule has 2 bridgehead atoms. The number of allylic oxidation sites excluding steroid dienone is 2. The molecule has 340 valence electrons. The van der Waals surface area contributed by atoms with Crippen LogP contribution >= 0.6 is 0 Å². The van der Waals surface area contributed by atoms with Crippen LogP contribution in [0.15, 0.2) is 24.2 Å². The van der Waals surface area contributed by atoms with Crippen molar-refractivity contribution in [2.45, 2.75) is 155 Å². The minimum absolute atomic E-state index is 0.00669. The van der Waals surface area contributed by atoms with E-state index < -0.39 is 64.9 Å². The number of rotatable bonds is 9. The summed E-state index contributed by atoms with van der Waals surface area (Å²) in [4.78, 5) is 34.5. The van der Waals surface area contributed by atoms with Crippen LogP contribution < -0.4 is 5.32 Å². The van der Waals surface area contributed by atoms with Gasteiger partial charge in [-0.25, -0.2) is 4.98 Å². The second-order valence-electron chi connectivity index (χ2n) is 22.6. The Morgan fingerprint density at radius 1 is 0.951 bits per heavy atom. The van der Waals surface area contributed by atoms with Crippen LogP contribution in [0, 0.1) is 73.9 Å². The van der Waals surface area contributed by atoms with E-state index >= 15 is 0 Å².